The highest BCUT2D eigenvalue weighted by atomic mass is 15.2. The maximum atomic E-state index is 2.46. The molecule has 0 N–H and O–H groups in total. The van der Waals surface area contributed by atoms with Crippen LogP contribution < -0.4 is 4.90 Å². The Labute approximate surface area is 315 Å². The van der Waals surface area contributed by atoms with Gasteiger partial charge in [-0.1, -0.05) is 164 Å². The van der Waals surface area contributed by atoms with Gasteiger partial charge in [-0.05, 0) is 93.2 Å². The van der Waals surface area contributed by atoms with Crippen molar-refractivity contribution in [2.45, 2.75) is 0 Å². The number of rotatable bonds is 7. The van der Waals surface area contributed by atoms with Gasteiger partial charge in [-0.25, -0.2) is 0 Å². The summed E-state index contributed by atoms with van der Waals surface area (Å²) < 4.78 is 2.44. The molecule has 0 aliphatic rings. The van der Waals surface area contributed by atoms with Crippen LogP contribution in [0.4, 0.5) is 17.1 Å². The van der Waals surface area contributed by atoms with Gasteiger partial charge in [0, 0.05) is 27.7 Å². The lowest BCUT2D eigenvalue weighted by atomic mass is 9.94. The van der Waals surface area contributed by atoms with E-state index in [0.29, 0.717) is 0 Å². The summed E-state index contributed by atoms with van der Waals surface area (Å²) in [6, 6.07) is 78.9. The molecule has 2 nitrogen and oxygen atoms in total. The maximum Gasteiger partial charge on any atom is 0.0562 e. The third kappa shape index (κ3) is 5.44. The van der Waals surface area contributed by atoms with Crippen LogP contribution in [0.2, 0.25) is 0 Å². The number of aromatic nitrogens is 1. The van der Waals surface area contributed by atoms with Gasteiger partial charge in [-0.3, -0.25) is 0 Å². The highest BCUT2D eigenvalue weighted by molar-refractivity contribution is 6.17. The molecule has 0 unspecified atom stereocenters. The van der Waals surface area contributed by atoms with E-state index < -0.39 is 0 Å². The highest BCUT2D eigenvalue weighted by Crippen LogP contribution is 2.48. The van der Waals surface area contributed by atoms with Crippen molar-refractivity contribution in [3.05, 3.63) is 218 Å². The van der Waals surface area contributed by atoms with Gasteiger partial charge in [0.05, 0.1) is 22.4 Å². The smallest absolute Gasteiger partial charge is 0.0562 e. The topological polar surface area (TPSA) is 8.17 Å². The van der Waals surface area contributed by atoms with Crippen molar-refractivity contribution in [3.63, 3.8) is 0 Å². The zero-order chi connectivity index (χ0) is 35.8. The summed E-state index contributed by atoms with van der Waals surface area (Å²) in [4.78, 5) is 2.46. The van der Waals surface area contributed by atoms with E-state index >= 15 is 0 Å². The molecule has 0 spiro atoms. The van der Waals surface area contributed by atoms with Crippen molar-refractivity contribution in [1.82, 2.24) is 4.57 Å². The Bertz CT molecular complexity index is 2910. The number of hydrogen-bond donors (Lipinski definition) is 0. The standard InChI is InChI=1S/C52H36N2/c1-5-18-37(19-6-1)44-33-32-43(36-46(44)38-20-7-2-8-21-38)54-48-29-16-15-28-45(48)52-49(30-17-31-50(52)54)53(42-26-11-4-12-27-42)51-35-41-25-14-13-24-40(41)34-47(51)39-22-9-3-10-23-39/h1-36H. The molecule has 0 atom stereocenters. The Kier molecular flexibility index (Phi) is 7.85. The Balaban J connectivity index is 1.26. The summed E-state index contributed by atoms with van der Waals surface area (Å²) in [5, 5.41) is 4.84. The average molecular weight is 689 g/mol. The summed E-state index contributed by atoms with van der Waals surface area (Å²) >= 11 is 0. The molecule has 0 saturated carbocycles. The van der Waals surface area contributed by atoms with E-state index in [1.807, 2.05) is 0 Å². The first kappa shape index (κ1) is 31.6. The normalized spacial score (nSPS) is 11.3. The van der Waals surface area contributed by atoms with Gasteiger partial charge in [-0.2, -0.15) is 0 Å². The predicted molar refractivity (Wildman–Crippen MR) is 229 cm³/mol. The molecule has 0 bridgehead atoms. The van der Waals surface area contributed by atoms with Gasteiger partial charge in [0.25, 0.3) is 0 Å². The second-order valence-electron chi connectivity index (χ2n) is 13.7. The summed E-state index contributed by atoms with van der Waals surface area (Å²) in [6.07, 6.45) is 0. The summed E-state index contributed by atoms with van der Waals surface area (Å²) in [7, 11) is 0. The maximum absolute atomic E-state index is 2.46. The first-order valence-corrected chi connectivity index (χ1v) is 18.5. The Morgan fingerprint density at radius 3 is 1.56 bits per heavy atom. The SMILES string of the molecule is c1ccc(-c2ccc(-n3c4ccccc4c4c(N(c5ccccc5)c5cc6ccccc6cc5-c5ccccc5)cccc43)cc2-c2ccccc2)cc1. The van der Waals surface area contributed by atoms with Crippen LogP contribution in [-0.4, -0.2) is 4.57 Å². The lowest BCUT2D eigenvalue weighted by Gasteiger charge is -2.29. The minimum atomic E-state index is 1.10. The predicted octanol–water partition coefficient (Wildman–Crippen LogP) is 14.4. The van der Waals surface area contributed by atoms with E-state index in [4.69, 9.17) is 0 Å². The van der Waals surface area contributed by atoms with Gasteiger partial charge in [0.15, 0.2) is 0 Å². The minimum absolute atomic E-state index is 1.10. The lowest BCUT2D eigenvalue weighted by molar-refractivity contribution is 1.18. The number of fused-ring (bicyclic) bond motifs is 4. The summed E-state index contributed by atoms with van der Waals surface area (Å²) in [5.41, 5.74) is 14.0. The molecule has 54 heavy (non-hydrogen) atoms. The second-order valence-corrected chi connectivity index (χ2v) is 13.7. The zero-order valence-electron chi connectivity index (χ0n) is 29.7. The molecule has 0 aliphatic heterocycles. The Morgan fingerprint density at radius 2 is 0.870 bits per heavy atom. The fraction of sp³-hybridized carbons (Fsp3) is 0. The van der Waals surface area contributed by atoms with Crippen LogP contribution in [0, 0.1) is 0 Å². The lowest BCUT2D eigenvalue weighted by Crippen LogP contribution is -2.12. The molecule has 0 amide bonds. The summed E-state index contributed by atoms with van der Waals surface area (Å²) in [6.45, 7) is 0. The number of nitrogens with zero attached hydrogens (tertiary/aromatic N) is 2. The molecule has 2 heteroatoms. The molecule has 0 fully saturated rings. The van der Waals surface area contributed by atoms with Crippen molar-refractivity contribution in [1.29, 1.82) is 0 Å². The molecule has 0 radical (unpaired) electrons. The van der Waals surface area contributed by atoms with Gasteiger partial charge >= 0.3 is 0 Å². The largest absolute Gasteiger partial charge is 0.309 e. The van der Waals surface area contributed by atoms with Crippen molar-refractivity contribution >= 4 is 49.6 Å². The number of benzene rings is 9. The first-order chi connectivity index (χ1) is 26.8. The average Bonchev–Trinajstić information content (AvgIpc) is 3.60. The third-order valence-electron chi connectivity index (χ3n) is 10.6. The molecule has 9 aromatic carbocycles. The van der Waals surface area contributed by atoms with E-state index in [0.717, 1.165) is 28.3 Å². The summed E-state index contributed by atoms with van der Waals surface area (Å²) in [5.74, 6) is 0. The number of hydrogen-bond acceptors (Lipinski definition) is 1. The van der Waals surface area contributed by atoms with E-state index in [1.54, 1.807) is 0 Å². The van der Waals surface area contributed by atoms with Crippen LogP contribution in [0.3, 0.4) is 0 Å². The van der Waals surface area contributed by atoms with E-state index in [-0.39, 0.29) is 0 Å². The molecular formula is C52H36N2. The van der Waals surface area contributed by atoms with E-state index in [9.17, 15) is 0 Å². The van der Waals surface area contributed by atoms with Crippen molar-refractivity contribution in [2.75, 3.05) is 4.90 Å². The van der Waals surface area contributed by atoms with Crippen LogP contribution >= 0.6 is 0 Å². The molecule has 10 aromatic rings. The molecule has 1 aromatic heterocycles. The molecular weight excluding hydrogens is 653 g/mol. The van der Waals surface area contributed by atoms with Crippen molar-refractivity contribution < 1.29 is 0 Å². The zero-order valence-corrected chi connectivity index (χ0v) is 29.7. The van der Waals surface area contributed by atoms with Crippen LogP contribution in [0.1, 0.15) is 0 Å². The minimum Gasteiger partial charge on any atom is -0.309 e. The van der Waals surface area contributed by atoms with Crippen LogP contribution in [0.5, 0.6) is 0 Å². The van der Waals surface area contributed by atoms with Crippen LogP contribution in [0.15, 0.2) is 218 Å². The van der Waals surface area contributed by atoms with E-state index in [1.165, 1.54) is 60.4 Å². The third-order valence-corrected chi connectivity index (χ3v) is 10.6. The molecule has 1 heterocycles. The molecule has 10 rings (SSSR count). The Hall–Kier alpha value is -7.16. The number of para-hydroxylation sites is 2. The molecule has 0 aliphatic carbocycles. The Morgan fingerprint density at radius 1 is 0.333 bits per heavy atom. The quantitative estimate of drug-likeness (QED) is 0.162. The highest BCUT2D eigenvalue weighted by Gasteiger charge is 2.24. The van der Waals surface area contributed by atoms with E-state index in [2.05, 4.69) is 228 Å². The first-order valence-electron chi connectivity index (χ1n) is 18.5. The van der Waals surface area contributed by atoms with Gasteiger partial charge in [0.1, 0.15) is 0 Å². The van der Waals surface area contributed by atoms with Gasteiger partial charge < -0.3 is 9.47 Å². The van der Waals surface area contributed by atoms with Gasteiger partial charge in [0.2, 0.25) is 0 Å². The van der Waals surface area contributed by atoms with Gasteiger partial charge in [-0.15, -0.1) is 0 Å². The second kappa shape index (κ2) is 13.4. The van der Waals surface area contributed by atoms with Crippen molar-refractivity contribution in [2.24, 2.45) is 0 Å². The fourth-order valence-electron chi connectivity index (χ4n) is 8.11. The molecule has 0 saturated heterocycles. The van der Waals surface area contributed by atoms with Crippen LogP contribution in [0.25, 0.3) is 71.6 Å². The van der Waals surface area contributed by atoms with Crippen molar-refractivity contribution in [3.8, 4) is 39.1 Å². The number of anilines is 3. The monoisotopic (exact) mass is 688 g/mol. The van der Waals surface area contributed by atoms with Crippen LogP contribution in [-0.2, 0) is 0 Å². The fourth-order valence-corrected chi connectivity index (χ4v) is 8.11. The molecule has 254 valence electrons.